The number of anilines is 1. The molecule has 3 N–H and O–H groups in total. The molecule has 1 fully saturated rings. The Hall–Kier alpha value is -3.20. The molecule has 3 heterocycles. The Balaban J connectivity index is 1.48. The molecule has 1 unspecified atom stereocenters. The van der Waals surface area contributed by atoms with Crippen molar-refractivity contribution in [3.8, 4) is 16.8 Å². The lowest BCUT2D eigenvalue weighted by Gasteiger charge is -2.29. The van der Waals surface area contributed by atoms with Gasteiger partial charge in [-0.25, -0.2) is 14.2 Å². The normalized spacial score (nSPS) is 19.6. The first-order chi connectivity index (χ1) is 15.9. The number of nitrogen functional groups attached to an aromatic ring is 1. The van der Waals surface area contributed by atoms with Crippen molar-refractivity contribution in [2.45, 2.75) is 37.8 Å². The molecule has 0 aliphatic heterocycles. The summed E-state index contributed by atoms with van der Waals surface area (Å²) < 4.78 is 18.3. The van der Waals surface area contributed by atoms with Crippen LogP contribution in [0.3, 0.4) is 0 Å². The fourth-order valence-electron chi connectivity index (χ4n) is 4.69. The third-order valence-electron chi connectivity index (χ3n) is 6.51. The molecule has 170 valence electrons. The van der Waals surface area contributed by atoms with Crippen molar-refractivity contribution in [1.29, 1.82) is 0 Å². The van der Waals surface area contributed by atoms with Gasteiger partial charge < -0.3 is 15.4 Å². The van der Waals surface area contributed by atoms with Gasteiger partial charge in [0.2, 0.25) is 0 Å². The first-order valence-corrected chi connectivity index (χ1v) is 11.7. The molecule has 5 rings (SSSR count). The average Bonchev–Trinajstić information content (AvgIpc) is 3.49. The van der Waals surface area contributed by atoms with Gasteiger partial charge in [0.05, 0.1) is 16.4 Å². The van der Waals surface area contributed by atoms with Crippen LogP contribution in [0.5, 0.6) is 0 Å². The molecule has 1 aromatic carbocycles. The van der Waals surface area contributed by atoms with Gasteiger partial charge in [-0.2, -0.15) is 9.61 Å². The zero-order valence-corrected chi connectivity index (χ0v) is 19.3. The Labute approximate surface area is 198 Å². The van der Waals surface area contributed by atoms with Gasteiger partial charge in [-0.15, -0.1) is 0 Å². The number of fused-ring (bicyclic) bond motifs is 1. The van der Waals surface area contributed by atoms with E-state index in [1.807, 2.05) is 53.4 Å². The van der Waals surface area contributed by atoms with E-state index < -0.39 is 18.1 Å². The highest BCUT2D eigenvalue weighted by molar-refractivity contribution is 9.10. The molecule has 9 heteroatoms. The number of aromatic nitrogens is 4. The zero-order valence-electron chi connectivity index (χ0n) is 17.7. The van der Waals surface area contributed by atoms with Gasteiger partial charge in [0.15, 0.2) is 11.8 Å². The Morgan fingerprint density at radius 2 is 1.91 bits per heavy atom. The van der Waals surface area contributed by atoms with Crippen molar-refractivity contribution >= 4 is 33.4 Å². The number of alkyl halides is 1. The number of rotatable bonds is 5. The lowest BCUT2D eigenvalue weighted by Crippen LogP contribution is -2.28. The van der Waals surface area contributed by atoms with Crippen LogP contribution in [0.4, 0.5) is 10.2 Å². The second-order valence-electron chi connectivity index (χ2n) is 8.48. The molecule has 0 saturated heterocycles. The predicted molar refractivity (Wildman–Crippen MR) is 127 cm³/mol. The Kier molecular flexibility index (Phi) is 5.65. The smallest absolute Gasteiger partial charge is 0.338 e. The Morgan fingerprint density at radius 3 is 2.61 bits per heavy atom. The van der Waals surface area contributed by atoms with Gasteiger partial charge in [0.25, 0.3) is 0 Å². The van der Waals surface area contributed by atoms with Crippen LogP contribution in [0.2, 0.25) is 0 Å². The van der Waals surface area contributed by atoms with Crippen LogP contribution in [-0.4, -0.2) is 36.4 Å². The third-order valence-corrected chi connectivity index (χ3v) is 7.33. The standard InChI is InChI=1S/C24H23BrFN5O2/c25-19-21(15-8-6-14(7-9-15)20(26)24(32)33)29-23-18(12-28-31(23)22(19)27)16-10-11-30(13-16)17-4-2-1-3-5-17/h1-5,10-15,20H,6-9,27H2,(H,32,33)/t14-,15+,20?. The van der Waals surface area contributed by atoms with E-state index >= 15 is 0 Å². The number of hydrogen-bond donors (Lipinski definition) is 2. The summed E-state index contributed by atoms with van der Waals surface area (Å²) in [5, 5.41) is 13.4. The van der Waals surface area contributed by atoms with E-state index in [9.17, 15) is 9.18 Å². The second-order valence-corrected chi connectivity index (χ2v) is 9.28. The fraction of sp³-hybridized carbons (Fsp3) is 0.292. The molecule has 7 nitrogen and oxygen atoms in total. The molecule has 4 aromatic rings. The number of carboxylic acid groups (broad SMARTS) is 1. The summed E-state index contributed by atoms with van der Waals surface area (Å²) in [5.41, 5.74) is 10.8. The SMILES string of the molecule is Nc1c(Br)c([C@H]2CC[C@@H](C(F)C(=O)O)CC2)nc2c(-c3ccn(-c4ccccc4)c3)cnn12. The van der Waals surface area contributed by atoms with Gasteiger partial charge >= 0.3 is 5.97 Å². The third kappa shape index (κ3) is 3.90. The summed E-state index contributed by atoms with van der Waals surface area (Å²) >= 11 is 3.58. The number of carbonyl (C=O) groups is 1. The molecule has 0 bridgehead atoms. The van der Waals surface area contributed by atoms with E-state index in [0.717, 1.165) is 22.5 Å². The number of carboxylic acids is 1. The number of hydrogen-bond acceptors (Lipinski definition) is 4. The second kappa shape index (κ2) is 8.62. The molecular weight excluding hydrogens is 489 g/mol. The van der Waals surface area contributed by atoms with Gasteiger partial charge in [-0.05, 0) is 59.8 Å². The summed E-state index contributed by atoms with van der Waals surface area (Å²) in [4.78, 5) is 15.9. The molecule has 1 saturated carbocycles. The summed E-state index contributed by atoms with van der Waals surface area (Å²) in [6.45, 7) is 0. The van der Waals surface area contributed by atoms with Crippen LogP contribution in [0.15, 0.2) is 59.5 Å². The first-order valence-electron chi connectivity index (χ1n) is 10.9. The maximum absolute atomic E-state index is 14.0. The van der Waals surface area contributed by atoms with Crippen LogP contribution in [0, 0.1) is 5.92 Å². The molecule has 3 aromatic heterocycles. The minimum Gasteiger partial charge on any atom is -0.479 e. The summed E-state index contributed by atoms with van der Waals surface area (Å²) in [6.07, 6.45) is 6.30. The van der Waals surface area contributed by atoms with E-state index in [4.69, 9.17) is 15.8 Å². The van der Waals surface area contributed by atoms with Gasteiger partial charge in [0.1, 0.15) is 5.82 Å². The van der Waals surface area contributed by atoms with Gasteiger partial charge in [0, 0.05) is 41.0 Å². The van der Waals surface area contributed by atoms with E-state index in [1.54, 1.807) is 10.7 Å². The van der Waals surface area contributed by atoms with Crippen LogP contribution >= 0.6 is 15.9 Å². The minimum absolute atomic E-state index is 0.0700. The van der Waals surface area contributed by atoms with Crippen molar-refractivity contribution < 1.29 is 14.3 Å². The van der Waals surface area contributed by atoms with Crippen LogP contribution in [-0.2, 0) is 4.79 Å². The van der Waals surface area contributed by atoms with E-state index in [2.05, 4.69) is 21.0 Å². The summed E-state index contributed by atoms with van der Waals surface area (Å²) in [5.74, 6) is -1.31. The fourth-order valence-corrected chi connectivity index (χ4v) is 5.27. The number of nitrogens with two attached hydrogens (primary N) is 1. The monoisotopic (exact) mass is 511 g/mol. The predicted octanol–water partition coefficient (Wildman–Crippen LogP) is 5.23. The molecule has 0 spiro atoms. The zero-order chi connectivity index (χ0) is 23.1. The van der Waals surface area contributed by atoms with E-state index in [0.29, 0.717) is 41.6 Å². The number of para-hydroxylation sites is 1. The van der Waals surface area contributed by atoms with E-state index in [-0.39, 0.29) is 5.92 Å². The average molecular weight is 512 g/mol. The van der Waals surface area contributed by atoms with Crippen molar-refractivity contribution in [3.05, 3.63) is 65.2 Å². The minimum atomic E-state index is -1.81. The summed E-state index contributed by atoms with van der Waals surface area (Å²) in [6, 6.07) is 12.1. The maximum Gasteiger partial charge on any atom is 0.338 e. The highest BCUT2D eigenvalue weighted by atomic mass is 79.9. The van der Waals surface area contributed by atoms with Crippen molar-refractivity contribution in [1.82, 2.24) is 19.2 Å². The number of benzene rings is 1. The Bertz CT molecular complexity index is 1310. The van der Waals surface area contributed by atoms with Crippen LogP contribution in [0.25, 0.3) is 22.5 Å². The molecule has 1 atom stereocenters. The molecule has 0 radical (unpaired) electrons. The van der Waals surface area contributed by atoms with Crippen molar-refractivity contribution in [3.63, 3.8) is 0 Å². The number of halogens is 2. The largest absolute Gasteiger partial charge is 0.479 e. The lowest BCUT2D eigenvalue weighted by atomic mass is 9.78. The number of aliphatic carboxylic acids is 1. The highest BCUT2D eigenvalue weighted by Gasteiger charge is 2.34. The quantitative estimate of drug-likeness (QED) is 0.382. The lowest BCUT2D eigenvalue weighted by molar-refractivity contribution is -0.145. The Morgan fingerprint density at radius 1 is 1.18 bits per heavy atom. The summed E-state index contributed by atoms with van der Waals surface area (Å²) in [7, 11) is 0. The number of nitrogens with zero attached hydrogens (tertiary/aromatic N) is 4. The molecular formula is C24H23BrFN5O2. The highest BCUT2D eigenvalue weighted by Crippen LogP contribution is 2.41. The molecule has 33 heavy (non-hydrogen) atoms. The van der Waals surface area contributed by atoms with Crippen molar-refractivity contribution in [2.24, 2.45) is 5.92 Å². The van der Waals surface area contributed by atoms with Gasteiger partial charge in [-0.1, -0.05) is 18.2 Å². The van der Waals surface area contributed by atoms with Gasteiger partial charge in [-0.3, -0.25) is 0 Å². The van der Waals surface area contributed by atoms with E-state index in [1.165, 1.54) is 0 Å². The molecule has 1 aliphatic carbocycles. The van der Waals surface area contributed by atoms with Crippen LogP contribution in [0.1, 0.15) is 37.3 Å². The molecule has 1 aliphatic rings. The first kappa shape index (κ1) is 21.6. The van der Waals surface area contributed by atoms with Crippen molar-refractivity contribution in [2.75, 3.05) is 5.73 Å². The van der Waals surface area contributed by atoms with Crippen LogP contribution < -0.4 is 5.73 Å². The topological polar surface area (TPSA) is 98.4 Å². The molecule has 0 amide bonds. The maximum atomic E-state index is 14.0.